The summed E-state index contributed by atoms with van der Waals surface area (Å²) in [5, 5.41) is 17.5. The lowest BCUT2D eigenvalue weighted by atomic mass is 10.1. The third-order valence-electron chi connectivity index (χ3n) is 1.81. The molecule has 0 aliphatic heterocycles. The molecule has 1 rings (SSSR count). The van der Waals surface area contributed by atoms with Gasteiger partial charge in [0, 0.05) is 0 Å². The first-order valence-electron chi connectivity index (χ1n) is 4.29. The summed E-state index contributed by atoms with van der Waals surface area (Å²) in [5.74, 6) is -2.27. The molecule has 0 aliphatic carbocycles. The second kappa shape index (κ2) is 4.41. The minimum atomic E-state index is -1.14. The molecule has 0 aromatic heterocycles. The van der Waals surface area contributed by atoms with Crippen LogP contribution in [0.2, 0.25) is 0 Å². The maximum absolute atomic E-state index is 10.7. The third kappa shape index (κ3) is 2.67. The van der Waals surface area contributed by atoms with Crippen molar-refractivity contribution < 1.29 is 19.8 Å². The SMILES string of the molecule is C/C=C/c1cc(C(=O)O)cc(C(=O)O)c1. The lowest BCUT2D eigenvalue weighted by Gasteiger charge is -2.01. The number of rotatable bonds is 3. The van der Waals surface area contributed by atoms with Crippen LogP contribution in [0.25, 0.3) is 6.08 Å². The molecule has 0 saturated carbocycles. The second-order valence-electron chi connectivity index (χ2n) is 2.95. The van der Waals surface area contributed by atoms with E-state index >= 15 is 0 Å². The van der Waals surface area contributed by atoms with Crippen LogP contribution in [-0.2, 0) is 0 Å². The zero-order valence-electron chi connectivity index (χ0n) is 8.10. The topological polar surface area (TPSA) is 74.6 Å². The molecule has 78 valence electrons. The Morgan fingerprint density at radius 3 is 1.87 bits per heavy atom. The lowest BCUT2D eigenvalue weighted by molar-refractivity contribution is 0.0696. The van der Waals surface area contributed by atoms with Gasteiger partial charge < -0.3 is 10.2 Å². The number of allylic oxidation sites excluding steroid dienone is 1. The summed E-state index contributed by atoms with van der Waals surface area (Å²) in [6.45, 7) is 1.77. The highest BCUT2D eigenvalue weighted by Gasteiger charge is 2.09. The van der Waals surface area contributed by atoms with E-state index in [9.17, 15) is 9.59 Å². The molecule has 0 unspecified atom stereocenters. The molecule has 0 bridgehead atoms. The molecule has 1 aromatic rings. The predicted molar refractivity (Wildman–Crippen MR) is 55.1 cm³/mol. The molecular weight excluding hydrogens is 196 g/mol. The van der Waals surface area contributed by atoms with E-state index in [4.69, 9.17) is 10.2 Å². The maximum atomic E-state index is 10.7. The number of hydrogen-bond acceptors (Lipinski definition) is 2. The van der Waals surface area contributed by atoms with Crippen molar-refractivity contribution in [2.75, 3.05) is 0 Å². The fourth-order valence-corrected chi connectivity index (χ4v) is 1.19. The van der Waals surface area contributed by atoms with Crippen molar-refractivity contribution in [2.24, 2.45) is 0 Å². The molecule has 2 N–H and O–H groups in total. The minimum Gasteiger partial charge on any atom is -0.478 e. The van der Waals surface area contributed by atoms with E-state index in [1.54, 1.807) is 19.1 Å². The summed E-state index contributed by atoms with van der Waals surface area (Å²) in [5.41, 5.74) is 0.515. The quantitative estimate of drug-likeness (QED) is 0.794. The third-order valence-corrected chi connectivity index (χ3v) is 1.81. The number of carboxylic acid groups (broad SMARTS) is 2. The molecule has 0 saturated heterocycles. The van der Waals surface area contributed by atoms with E-state index in [1.165, 1.54) is 12.1 Å². The van der Waals surface area contributed by atoms with Crippen molar-refractivity contribution in [3.05, 3.63) is 41.0 Å². The zero-order chi connectivity index (χ0) is 11.4. The summed E-state index contributed by atoms with van der Waals surface area (Å²) < 4.78 is 0. The molecule has 0 atom stereocenters. The Morgan fingerprint density at radius 1 is 1.07 bits per heavy atom. The van der Waals surface area contributed by atoms with Crippen LogP contribution in [0.4, 0.5) is 0 Å². The van der Waals surface area contributed by atoms with E-state index in [2.05, 4.69) is 0 Å². The highest BCUT2D eigenvalue weighted by Crippen LogP contribution is 2.12. The maximum Gasteiger partial charge on any atom is 0.335 e. The van der Waals surface area contributed by atoms with Crippen LogP contribution in [0.5, 0.6) is 0 Å². The van der Waals surface area contributed by atoms with Crippen molar-refractivity contribution in [2.45, 2.75) is 6.92 Å². The van der Waals surface area contributed by atoms with E-state index in [0.717, 1.165) is 6.07 Å². The van der Waals surface area contributed by atoms with Gasteiger partial charge in [-0.2, -0.15) is 0 Å². The molecule has 1 aromatic carbocycles. The van der Waals surface area contributed by atoms with Crippen LogP contribution < -0.4 is 0 Å². The monoisotopic (exact) mass is 206 g/mol. The first kappa shape index (κ1) is 11.0. The summed E-state index contributed by atoms with van der Waals surface area (Å²) in [6.07, 6.45) is 3.37. The van der Waals surface area contributed by atoms with Crippen LogP contribution >= 0.6 is 0 Å². The summed E-state index contributed by atoms with van der Waals surface area (Å²) in [7, 11) is 0. The van der Waals surface area contributed by atoms with Crippen LogP contribution in [0.1, 0.15) is 33.2 Å². The van der Waals surface area contributed by atoms with Gasteiger partial charge in [-0.15, -0.1) is 0 Å². The molecule has 0 heterocycles. The minimum absolute atomic E-state index is 0.0250. The number of aromatic carboxylic acids is 2. The van der Waals surface area contributed by atoms with Crippen molar-refractivity contribution in [1.29, 1.82) is 0 Å². The Labute approximate surface area is 86.5 Å². The largest absolute Gasteiger partial charge is 0.478 e. The van der Waals surface area contributed by atoms with Crippen molar-refractivity contribution in [1.82, 2.24) is 0 Å². The van der Waals surface area contributed by atoms with Gasteiger partial charge >= 0.3 is 11.9 Å². The molecule has 4 nitrogen and oxygen atoms in total. The molecule has 4 heteroatoms. The van der Waals surface area contributed by atoms with Crippen molar-refractivity contribution in [3.63, 3.8) is 0 Å². The number of benzene rings is 1. The fraction of sp³-hybridized carbons (Fsp3) is 0.0909. The zero-order valence-corrected chi connectivity index (χ0v) is 8.10. The molecule has 0 spiro atoms. The normalized spacial score (nSPS) is 10.5. The molecule has 0 aliphatic rings. The van der Waals surface area contributed by atoms with E-state index in [-0.39, 0.29) is 11.1 Å². The predicted octanol–water partition coefficient (Wildman–Crippen LogP) is 2.12. The van der Waals surface area contributed by atoms with Crippen LogP contribution in [0, 0.1) is 0 Å². The standard InChI is InChI=1S/C11H10O4/c1-2-3-7-4-8(10(12)13)6-9(5-7)11(14)15/h2-6H,1H3,(H,12,13)(H,14,15)/b3-2+. The van der Waals surface area contributed by atoms with Crippen LogP contribution in [0.3, 0.4) is 0 Å². The molecule has 0 radical (unpaired) electrons. The van der Waals surface area contributed by atoms with Gasteiger partial charge in [0.1, 0.15) is 0 Å². The Bertz CT molecular complexity index is 400. The Balaban J connectivity index is 3.32. The van der Waals surface area contributed by atoms with Gasteiger partial charge in [0.2, 0.25) is 0 Å². The average Bonchev–Trinajstić information content (AvgIpc) is 2.17. The van der Waals surface area contributed by atoms with Crippen LogP contribution in [-0.4, -0.2) is 22.2 Å². The number of carbonyl (C=O) groups is 2. The number of hydrogen-bond donors (Lipinski definition) is 2. The average molecular weight is 206 g/mol. The summed E-state index contributed by atoms with van der Waals surface area (Å²) in [4.78, 5) is 21.4. The Hall–Kier alpha value is -2.10. The van der Waals surface area contributed by atoms with Crippen molar-refractivity contribution in [3.8, 4) is 0 Å². The van der Waals surface area contributed by atoms with E-state index in [0.29, 0.717) is 5.56 Å². The van der Waals surface area contributed by atoms with Crippen molar-refractivity contribution >= 4 is 18.0 Å². The highest BCUT2D eigenvalue weighted by molar-refractivity contribution is 5.94. The second-order valence-corrected chi connectivity index (χ2v) is 2.95. The Kier molecular flexibility index (Phi) is 3.23. The van der Waals surface area contributed by atoms with E-state index in [1.807, 2.05) is 0 Å². The van der Waals surface area contributed by atoms with Gasteiger partial charge in [0.25, 0.3) is 0 Å². The van der Waals surface area contributed by atoms with Gasteiger partial charge in [-0.3, -0.25) is 0 Å². The fourth-order valence-electron chi connectivity index (χ4n) is 1.19. The lowest BCUT2D eigenvalue weighted by Crippen LogP contribution is -2.02. The highest BCUT2D eigenvalue weighted by atomic mass is 16.4. The van der Waals surface area contributed by atoms with Gasteiger partial charge in [0.05, 0.1) is 11.1 Å². The molecular formula is C11H10O4. The van der Waals surface area contributed by atoms with Gasteiger partial charge in [-0.25, -0.2) is 9.59 Å². The summed E-state index contributed by atoms with van der Waals surface area (Å²) in [6, 6.07) is 3.99. The first-order valence-corrected chi connectivity index (χ1v) is 4.29. The van der Waals surface area contributed by atoms with Crippen LogP contribution in [0.15, 0.2) is 24.3 Å². The molecule has 0 fully saturated rings. The first-order chi connectivity index (χ1) is 7.04. The molecule has 0 amide bonds. The summed E-state index contributed by atoms with van der Waals surface area (Å²) >= 11 is 0. The van der Waals surface area contributed by atoms with E-state index < -0.39 is 11.9 Å². The van der Waals surface area contributed by atoms with Gasteiger partial charge in [-0.05, 0) is 30.7 Å². The Morgan fingerprint density at radius 2 is 1.53 bits per heavy atom. The molecule has 15 heavy (non-hydrogen) atoms. The smallest absolute Gasteiger partial charge is 0.335 e. The van der Waals surface area contributed by atoms with Gasteiger partial charge in [0.15, 0.2) is 0 Å². The number of carboxylic acids is 2. The van der Waals surface area contributed by atoms with Gasteiger partial charge in [-0.1, -0.05) is 12.2 Å².